The zero-order valence-corrected chi connectivity index (χ0v) is 26.6. The fourth-order valence-electron chi connectivity index (χ4n) is 4.29. The average molecular weight is 587 g/mol. The first-order valence-corrected chi connectivity index (χ1v) is 15.1. The van der Waals surface area contributed by atoms with Crippen molar-refractivity contribution in [2.24, 2.45) is 5.73 Å². The zero-order valence-electron chi connectivity index (χ0n) is 25.8. The molecule has 0 saturated heterocycles. The number of aromatic hydroxyl groups is 1. The van der Waals surface area contributed by atoms with Crippen molar-refractivity contribution < 1.29 is 14.6 Å². The maximum Gasteiger partial charge on any atom is 0.173 e. The third-order valence-electron chi connectivity index (χ3n) is 6.44. The van der Waals surface area contributed by atoms with Gasteiger partial charge in [-0.2, -0.15) is 0 Å². The van der Waals surface area contributed by atoms with Gasteiger partial charge in [-0.1, -0.05) is 49.8 Å². The van der Waals surface area contributed by atoms with Crippen LogP contribution in [0.3, 0.4) is 0 Å². The van der Waals surface area contributed by atoms with Crippen LogP contribution in [0.4, 0.5) is 0 Å². The Morgan fingerprint density at radius 1 is 1.02 bits per heavy atom. The van der Waals surface area contributed by atoms with Crippen LogP contribution in [0.15, 0.2) is 72.9 Å². The SMILES string of the molecule is C#C.C=C1CCCCC1.CC(=O)c1sc2ccccc2c1O.CCOc1ccc(-c2ccc(C)nc2)cc1CC.CN. The highest BCUT2D eigenvalue weighted by Crippen LogP contribution is 2.36. The number of nitrogens with zero attached hydrogens (tertiary/aromatic N) is 1. The Bertz CT molecular complexity index is 1400. The molecular formula is C36H46N2O3S. The fourth-order valence-corrected chi connectivity index (χ4v) is 5.28. The standard InChI is InChI=1S/C16H19NO.C10H8O2S.C7H12.C2H2.CH5N/c1-4-13-10-14(8-9-16(13)18-5-2)15-7-6-12(3)17-11-15;1-6(11)10-9(12)7-4-2-3-5-8(7)13-10;1-7-5-3-2-4-6-7;2*1-2/h6-11H,4-5H2,1-3H3;2-5,12H,1H3;1-6H2;1-2H;2H2,1H3. The molecule has 5 rings (SSSR count). The number of terminal acetylenes is 1. The van der Waals surface area contributed by atoms with Gasteiger partial charge in [0.2, 0.25) is 0 Å². The molecule has 0 spiro atoms. The van der Waals surface area contributed by atoms with Gasteiger partial charge in [-0.3, -0.25) is 9.78 Å². The van der Waals surface area contributed by atoms with Crippen LogP contribution in [0.2, 0.25) is 0 Å². The van der Waals surface area contributed by atoms with Crippen LogP contribution in [-0.4, -0.2) is 29.5 Å². The van der Waals surface area contributed by atoms with Gasteiger partial charge < -0.3 is 15.6 Å². The van der Waals surface area contributed by atoms with Crippen molar-refractivity contribution in [1.29, 1.82) is 0 Å². The molecule has 1 aliphatic carbocycles. The monoisotopic (exact) mass is 586 g/mol. The van der Waals surface area contributed by atoms with Crippen molar-refractivity contribution in [3.8, 4) is 35.5 Å². The molecule has 0 amide bonds. The van der Waals surface area contributed by atoms with E-state index in [1.807, 2.05) is 50.4 Å². The van der Waals surface area contributed by atoms with Gasteiger partial charge in [0.25, 0.3) is 0 Å². The number of thiophene rings is 1. The van der Waals surface area contributed by atoms with Crippen molar-refractivity contribution in [1.82, 2.24) is 4.98 Å². The molecule has 224 valence electrons. The second-order valence-corrected chi connectivity index (χ2v) is 10.5. The number of pyridine rings is 1. The largest absolute Gasteiger partial charge is 0.506 e. The van der Waals surface area contributed by atoms with Gasteiger partial charge in [0.05, 0.1) is 6.61 Å². The van der Waals surface area contributed by atoms with Crippen LogP contribution in [0.5, 0.6) is 11.5 Å². The molecule has 6 heteroatoms. The number of hydrogen-bond donors (Lipinski definition) is 2. The van der Waals surface area contributed by atoms with E-state index >= 15 is 0 Å². The molecule has 0 radical (unpaired) electrons. The predicted molar refractivity (Wildman–Crippen MR) is 181 cm³/mol. The number of nitrogens with two attached hydrogens (primary N) is 1. The van der Waals surface area contributed by atoms with Gasteiger partial charge in [0, 0.05) is 34.5 Å². The minimum absolute atomic E-state index is 0.0845. The van der Waals surface area contributed by atoms with Gasteiger partial charge in [0.15, 0.2) is 5.78 Å². The summed E-state index contributed by atoms with van der Waals surface area (Å²) in [7, 11) is 1.50. The Kier molecular flexibility index (Phi) is 17.2. The van der Waals surface area contributed by atoms with Crippen LogP contribution in [0, 0.1) is 19.8 Å². The van der Waals surface area contributed by atoms with E-state index in [1.54, 1.807) is 0 Å². The smallest absolute Gasteiger partial charge is 0.173 e. The van der Waals surface area contributed by atoms with Crippen LogP contribution >= 0.6 is 11.3 Å². The Labute approximate surface area is 256 Å². The average Bonchev–Trinajstić information content (AvgIpc) is 3.38. The number of hydrogen-bond acceptors (Lipinski definition) is 6. The van der Waals surface area contributed by atoms with E-state index in [0.717, 1.165) is 33.5 Å². The summed E-state index contributed by atoms with van der Waals surface area (Å²) in [6, 6.07) is 17.9. The first-order chi connectivity index (χ1) is 20.3. The van der Waals surface area contributed by atoms with Crippen LogP contribution in [0.25, 0.3) is 21.2 Å². The molecule has 2 heterocycles. The minimum atomic E-state index is -0.0845. The van der Waals surface area contributed by atoms with Crippen molar-refractivity contribution in [3.63, 3.8) is 0 Å². The lowest BCUT2D eigenvalue weighted by Gasteiger charge is -2.11. The summed E-state index contributed by atoms with van der Waals surface area (Å²) in [4.78, 5) is 15.9. The minimum Gasteiger partial charge on any atom is -0.506 e. The van der Waals surface area contributed by atoms with Gasteiger partial charge >= 0.3 is 0 Å². The number of aromatic nitrogens is 1. The Morgan fingerprint density at radius 2 is 1.67 bits per heavy atom. The lowest BCUT2D eigenvalue weighted by atomic mass is 9.97. The maximum absolute atomic E-state index is 11.1. The topological polar surface area (TPSA) is 85.4 Å². The molecule has 3 N–H and O–H groups in total. The lowest BCUT2D eigenvalue weighted by molar-refractivity contribution is 0.101. The summed E-state index contributed by atoms with van der Waals surface area (Å²) in [5.41, 5.74) is 10.6. The van der Waals surface area contributed by atoms with Crippen LogP contribution in [-0.2, 0) is 6.42 Å². The molecule has 0 aliphatic heterocycles. The number of benzene rings is 2. The van der Waals surface area contributed by atoms with E-state index in [1.165, 1.54) is 74.1 Å². The van der Waals surface area contributed by atoms with E-state index < -0.39 is 0 Å². The number of aryl methyl sites for hydroxylation is 2. The molecule has 0 bridgehead atoms. The molecule has 2 aromatic heterocycles. The summed E-state index contributed by atoms with van der Waals surface area (Å²) in [6.07, 6.45) is 17.7. The molecule has 1 saturated carbocycles. The number of rotatable bonds is 5. The van der Waals surface area contributed by atoms with Gasteiger partial charge in [-0.05, 0) is 94.5 Å². The Morgan fingerprint density at radius 3 is 2.17 bits per heavy atom. The van der Waals surface area contributed by atoms with E-state index in [-0.39, 0.29) is 11.5 Å². The Hall–Kier alpha value is -3.92. The zero-order chi connectivity index (χ0) is 31.5. The van der Waals surface area contributed by atoms with Crippen molar-refractivity contribution in [2.45, 2.75) is 66.2 Å². The number of Topliss-reactive ketones (excluding diaryl/α,β-unsaturated/α-hetero) is 1. The number of fused-ring (bicyclic) bond motifs is 1. The van der Waals surface area contributed by atoms with E-state index in [9.17, 15) is 9.90 Å². The van der Waals surface area contributed by atoms with Gasteiger partial charge in [0.1, 0.15) is 16.4 Å². The molecule has 0 atom stereocenters. The lowest BCUT2D eigenvalue weighted by Crippen LogP contribution is -1.96. The number of carbonyl (C=O) groups is 1. The summed E-state index contributed by atoms with van der Waals surface area (Å²) in [5.74, 6) is 1.02. The molecular weight excluding hydrogens is 540 g/mol. The third-order valence-corrected chi connectivity index (χ3v) is 7.70. The first kappa shape index (κ1) is 36.1. The highest BCUT2D eigenvalue weighted by molar-refractivity contribution is 7.21. The summed E-state index contributed by atoms with van der Waals surface area (Å²) < 4.78 is 6.57. The number of ether oxygens (including phenoxy) is 1. The Balaban J connectivity index is 0.000000320. The van der Waals surface area contributed by atoms with Crippen molar-refractivity contribution in [2.75, 3.05) is 13.7 Å². The summed E-state index contributed by atoms with van der Waals surface area (Å²) in [5, 5.41) is 10.4. The quantitative estimate of drug-likeness (QED) is 0.138. The normalized spacial score (nSPS) is 11.7. The van der Waals surface area contributed by atoms with Crippen LogP contribution in [0.1, 0.15) is 73.8 Å². The van der Waals surface area contributed by atoms with E-state index in [0.29, 0.717) is 11.5 Å². The molecule has 4 aromatic rings. The van der Waals surface area contributed by atoms with Crippen LogP contribution < -0.4 is 10.5 Å². The number of ketones is 1. The molecule has 5 nitrogen and oxygen atoms in total. The number of allylic oxidation sites excluding steroid dienone is 1. The predicted octanol–water partition coefficient (Wildman–Crippen LogP) is 9.16. The highest BCUT2D eigenvalue weighted by Gasteiger charge is 2.13. The summed E-state index contributed by atoms with van der Waals surface area (Å²) in [6.45, 7) is 12.2. The second kappa shape index (κ2) is 20.0. The van der Waals surface area contributed by atoms with Gasteiger partial charge in [-0.15, -0.1) is 24.2 Å². The van der Waals surface area contributed by atoms with E-state index in [2.05, 4.69) is 61.3 Å². The molecule has 2 aromatic carbocycles. The fraction of sp³-hybridized carbons (Fsp3) is 0.333. The molecule has 42 heavy (non-hydrogen) atoms. The highest BCUT2D eigenvalue weighted by atomic mass is 32.1. The second-order valence-electron chi connectivity index (χ2n) is 9.44. The number of carbonyl (C=O) groups excluding carboxylic acids is 1. The molecule has 1 fully saturated rings. The van der Waals surface area contributed by atoms with E-state index in [4.69, 9.17) is 4.74 Å². The van der Waals surface area contributed by atoms with Gasteiger partial charge in [-0.25, -0.2) is 0 Å². The third kappa shape index (κ3) is 11.2. The molecule has 1 aliphatic rings. The maximum atomic E-state index is 11.1. The first-order valence-electron chi connectivity index (χ1n) is 14.3. The molecule has 0 unspecified atom stereocenters. The van der Waals surface area contributed by atoms with Crippen molar-refractivity contribution in [3.05, 3.63) is 89.1 Å². The summed E-state index contributed by atoms with van der Waals surface area (Å²) >= 11 is 1.33. The van der Waals surface area contributed by atoms with Crippen molar-refractivity contribution >= 4 is 27.2 Å².